The van der Waals surface area contributed by atoms with Crippen molar-refractivity contribution in [3.8, 4) is 0 Å². The van der Waals surface area contributed by atoms with Crippen molar-refractivity contribution in [1.29, 1.82) is 0 Å². The topological polar surface area (TPSA) is 61.7 Å². The first kappa shape index (κ1) is 10.9. The zero-order valence-corrected chi connectivity index (χ0v) is 9.88. The van der Waals surface area contributed by atoms with E-state index < -0.39 is 0 Å². The van der Waals surface area contributed by atoms with Crippen LogP contribution in [-0.2, 0) is 13.6 Å². The van der Waals surface area contributed by atoms with Crippen molar-refractivity contribution in [2.45, 2.75) is 26.4 Å². The molecule has 0 spiro atoms. The molecule has 16 heavy (non-hydrogen) atoms. The number of aryl methyl sites for hydroxylation is 1. The van der Waals surface area contributed by atoms with Crippen LogP contribution in [0, 0.1) is 6.92 Å². The van der Waals surface area contributed by atoms with E-state index in [4.69, 9.17) is 5.73 Å². The maximum atomic E-state index is 5.87. The number of nitrogens with zero attached hydrogens (tertiary/aromatic N) is 4. The SMILES string of the molecule is Cc1c(Cn2cncc2[C@@H](C)N)cnn1C. The van der Waals surface area contributed by atoms with Gasteiger partial charge in [0.05, 0.1) is 24.8 Å². The summed E-state index contributed by atoms with van der Waals surface area (Å²) in [6.07, 6.45) is 5.52. The molecule has 0 unspecified atom stereocenters. The summed E-state index contributed by atoms with van der Waals surface area (Å²) in [5.41, 5.74) is 9.29. The van der Waals surface area contributed by atoms with Crippen molar-refractivity contribution in [2.75, 3.05) is 0 Å². The number of hydrogen-bond donors (Lipinski definition) is 1. The summed E-state index contributed by atoms with van der Waals surface area (Å²) in [5, 5.41) is 4.22. The number of imidazole rings is 1. The lowest BCUT2D eigenvalue weighted by molar-refractivity contribution is 0.670. The molecule has 0 amide bonds. The molecular formula is C11H17N5. The van der Waals surface area contributed by atoms with Crippen LogP contribution in [0.25, 0.3) is 0 Å². The molecule has 0 saturated heterocycles. The summed E-state index contributed by atoms with van der Waals surface area (Å²) < 4.78 is 3.94. The Morgan fingerprint density at radius 3 is 2.75 bits per heavy atom. The van der Waals surface area contributed by atoms with Gasteiger partial charge in [0, 0.05) is 30.5 Å². The lowest BCUT2D eigenvalue weighted by Gasteiger charge is -2.10. The van der Waals surface area contributed by atoms with Crippen LogP contribution in [0.3, 0.4) is 0 Å². The van der Waals surface area contributed by atoms with Crippen molar-refractivity contribution in [3.63, 3.8) is 0 Å². The minimum atomic E-state index is -0.000484. The highest BCUT2D eigenvalue weighted by atomic mass is 15.3. The Hall–Kier alpha value is -1.62. The minimum Gasteiger partial charge on any atom is -0.329 e. The molecule has 2 N–H and O–H groups in total. The summed E-state index contributed by atoms with van der Waals surface area (Å²) in [4.78, 5) is 4.13. The van der Waals surface area contributed by atoms with E-state index in [-0.39, 0.29) is 6.04 Å². The molecule has 86 valence electrons. The second kappa shape index (κ2) is 4.09. The molecule has 2 rings (SSSR count). The smallest absolute Gasteiger partial charge is 0.0951 e. The highest BCUT2D eigenvalue weighted by molar-refractivity contribution is 5.18. The van der Waals surface area contributed by atoms with E-state index in [1.54, 1.807) is 0 Å². The highest BCUT2D eigenvalue weighted by Crippen LogP contribution is 2.13. The van der Waals surface area contributed by atoms with E-state index in [1.807, 2.05) is 37.4 Å². The van der Waals surface area contributed by atoms with Gasteiger partial charge in [-0.25, -0.2) is 4.98 Å². The Morgan fingerprint density at radius 2 is 2.19 bits per heavy atom. The summed E-state index contributed by atoms with van der Waals surface area (Å²) in [6.45, 7) is 4.80. The third kappa shape index (κ3) is 1.86. The number of rotatable bonds is 3. The Kier molecular flexibility index (Phi) is 2.78. The van der Waals surface area contributed by atoms with Gasteiger partial charge in [0.15, 0.2) is 0 Å². The maximum absolute atomic E-state index is 5.87. The second-order valence-electron chi connectivity index (χ2n) is 4.11. The fourth-order valence-electron chi connectivity index (χ4n) is 1.73. The van der Waals surface area contributed by atoms with Gasteiger partial charge in [-0.2, -0.15) is 5.10 Å². The van der Waals surface area contributed by atoms with Crippen LogP contribution in [0.1, 0.15) is 29.9 Å². The van der Waals surface area contributed by atoms with Gasteiger partial charge in [-0.1, -0.05) is 0 Å². The maximum Gasteiger partial charge on any atom is 0.0951 e. The van der Waals surface area contributed by atoms with Crippen LogP contribution in [-0.4, -0.2) is 19.3 Å². The van der Waals surface area contributed by atoms with Crippen LogP contribution < -0.4 is 5.73 Å². The van der Waals surface area contributed by atoms with E-state index >= 15 is 0 Å². The van der Waals surface area contributed by atoms with Gasteiger partial charge in [-0.3, -0.25) is 4.68 Å². The fraction of sp³-hybridized carbons (Fsp3) is 0.455. The Labute approximate surface area is 94.9 Å². The van der Waals surface area contributed by atoms with Crippen LogP contribution in [0.2, 0.25) is 0 Å². The molecule has 2 aromatic rings. The van der Waals surface area contributed by atoms with Crippen LogP contribution in [0.4, 0.5) is 0 Å². The molecule has 0 aliphatic rings. The molecule has 0 fully saturated rings. The quantitative estimate of drug-likeness (QED) is 0.837. The van der Waals surface area contributed by atoms with Crippen LogP contribution >= 0.6 is 0 Å². The number of hydrogen-bond acceptors (Lipinski definition) is 3. The predicted octanol–water partition coefficient (Wildman–Crippen LogP) is 0.993. The largest absolute Gasteiger partial charge is 0.329 e. The molecule has 1 atom stereocenters. The first-order chi connectivity index (χ1) is 7.59. The monoisotopic (exact) mass is 219 g/mol. The van der Waals surface area contributed by atoms with Gasteiger partial charge in [0.25, 0.3) is 0 Å². The molecule has 0 radical (unpaired) electrons. The van der Waals surface area contributed by atoms with E-state index in [0.717, 1.165) is 12.2 Å². The third-order valence-corrected chi connectivity index (χ3v) is 2.89. The third-order valence-electron chi connectivity index (χ3n) is 2.89. The summed E-state index contributed by atoms with van der Waals surface area (Å²) in [6, 6.07) is -0.000484. The number of aromatic nitrogens is 4. The van der Waals surface area contributed by atoms with E-state index in [0.29, 0.717) is 0 Å². The number of nitrogens with two attached hydrogens (primary N) is 1. The summed E-state index contributed by atoms with van der Waals surface area (Å²) >= 11 is 0. The van der Waals surface area contributed by atoms with Crippen LogP contribution in [0.15, 0.2) is 18.7 Å². The Morgan fingerprint density at radius 1 is 1.44 bits per heavy atom. The molecule has 2 aromatic heterocycles. The average molecular weight is 219 g/mol. The molecule has 0 saturated carbocycles. The van der Waals surface area contributed by atoms with Gasteiger partial charge in [-0.05, 0) is 13.8 Å². The second-order valence-corrected chi connectivity index (χ2v) is 4.11. The summed E-state index contributed by atoms with van der Waals surface area (Å²) in [7, 11) is 1.94. The molecule has 2 heterocycles. The normalized spacial score (nSPS) is 13.0. The zero-order valence-electron chi connectivity index (χ0n) is 9.88. The first-order valence-electron chi connectivity index (χ1n) is 5.32. The van der Waals surface area contributed by atoms with Crippen molar-refractivity contribution in [3.05, 3.63) is 35.7 Å². The molecule has 0 aliphatic heterocycles. The lowest BCUT2D eigenvalue weighted by Crippen LogP contribution is -2.12. The molecular weight excluding hydrogens is 202 g/mol. The standard InChI is InChI=1S/C11H17N5/c1-8(12)11-5-13-7-16(11)6-10-4-14-15(3)9(10)2/h4-5,7-8H,6,12H2,1-3H3/t8-/m1/s1. The molecule has 0 aromatic carbocycles. The van der Waals surface area contributed by atoms with Crippen molar-refractivity contribution < 1.29 is 0 Å². The minimum absolute atomic E-state index is 0.000484. The molecule has 0 aliphatic carbocycles. The molecule has 5 heteroatoms. The van der Waals surface area contributed by atoms with E-state index in [2.05, 4.69) is 21.6 Å². The van der Waals surface area contributed by atoms with Crippen molar-refractivity contribution >= 4 is 0 Å². The van der Waals surface area contributed by atoms with Crippen molar-refractivity contribution in [1.82, 2.24) is 19.3 Å². The van der Waals surface area contributed by atoms with Gasteiger partial charge >= 0.3 is 0 Å². The zero-order chi connectivity index (χ0) is 11.7. The fourth-order valence-corrected chi connectivity index (χ4v) is 1.73. The summed E-state index contributed by atoms with van der Waals surface area (Å²) in [5.74, 6) is 0. The Bertz CT molecular complexity index is 480. The predicted molar refractivity (Wildman–Crippen MR) is 61.9 cm³/mol. The molecule has 5 nitrogen and oxygen atoms in total. The highest BCUT2D eigenvalue weighted by Gasteiger charge is 2.09. The Balaban J connectivity index is 2.27. The van der Waals surface area contributed by atoms with E-state index in [1.165, 1.54) is 11.3 Å². The van der Waals surface area contributed by atoms with Gasteiger partial charge < -0.3 is 10.3 Å². The van der Waals surface area contributed by atoms with Crippen molar-refractivity contribution in [2.24, 2.45) is 12.8 Å². The van der Waals surface area contributed by atoms with Gasteiger partial charge in [-0.15, -0.1) is 0 Å². The molecule has 0 bridgehead atoms. The average Bonchev–Trinajstić information content (AvgIpc) is 2.80. The van der Waals surface area contributed by atoms with Gasteiger partial charge in [0.1, 0.15) is 0 Å². The van der Waals surface area contributed by atoms with Crippen LogP contribution in [0.5, 0.6) is 0 Å². The lowest BCUT2D eigenvalue weighted by atomic mass is 10.2. The van der Waals surface area contributed by atoms with E-state index in [9.17, 15) is 0 Å². The first-order valence-corrected chi connectivity index (χ1v) is 5.32. The van der Waals surface area contributed by atoms with Gasteiger partial charge in [0.2, 0.25) is 0 Å².